The SMILES string of the molecule is CC1=C(C(N)=O)C(c2ccc(C#N)cc2)NC(=O)N1c1cccc(C(F)(F)F)c1. The van der Waals surface area contributed by atoms with Crippen molar-refractivity contribution in [1.82, 2.24) is 5.32 Å². The van der Waals surface area contributed by atoms with Gasteiger partial charge in [0.1, 0.15) is 0 Å². The number of hydrogen-bond acceptors (Lipinski definition) is 3. The minimum Gasteiger partial charge on any atom is -0.366 e. The van der Waals surface area contributed by atoms with Gasteiger partial charge in [-0.2, -0.15) is 18.4 Å². The standard InChI is InChI=1S/C20H15F3N4O2/c1-11-16(18(25)28)17(13-7-5-12(10-24)6-8-13)26-19(29)27(11)15-4-2-3-14(9-15)20(21,22)23/h2-9,17H,1H3,(H2,25,28)(H,26,29). The van der Waals surface area contributed by atoms with Crippen LogP contribution in [-0.2, 0) is 11.0 Å². The molecule has 0 bridgehead atoms. The van der Waals surface area contributed by atoms with E-state index in [1.165, 1.54) is 31.2 Å². The maximum absolute atomic E-state index is 13.1. The lowest BCUT2D eigenvalue weighted by atomic mass is 9.93. The Morgan fingerprint density at radius 2 is 1.86 bits per heavy atom. The first kappa shape index (κ1) is 19.9. The average molecular weight is 400 g/mol. The van der Waals surface area contributed by atoms with Crippen LogP contribution in [0.3, 0.4) is 0 Å². The summed E-state index contributed by atoms with van der Waals surface area (Å²) in [6.07, 6.45) is -4.59. The van der Waals surface area contributed by atoms with Gasteiger partial charge in [-0.1, -0.05) is 18.2 Å². The van der Waals surface area contributed by atoms with E-state index in [0.717, 1.165) is 17.0 Å². The molecule has 1 aliphatic rings. The van der Waals surface area contributed by atoms with Crippen LogP contribution in [0.25, 0.3) is 0 Å². The van der Waals surface area contributed by atoms with Crippen molar-refractivity contribution < 1.29 is 22.8 Å². The second-order valence-electron chi connectivity index (χ2n) is 6.36. The second-order valence-corrected chi connectivity index (χ2v) is 6.36. The van der Waals surface area contributed by atoms with E-state index in [0.29, 0.717) is 11.1 Å². The van der Waals surface area contributed by atoms with Gasteiger partial charge in [0.15, 0.2) is 0 Å². The number of nitrogens with one attached hydrogen (secondary N) is 1. The number of primary amides is 1. The molecule has 3 N–H and O–H groups in total. The van der Waals surface area contributed by atoms with Gasteiger partial charge >= 0.3 is 12.2 Å². The fraction of sp³-hybridized carbons (Fsp3) is 0.150. The van der Waals surface area contributed by atoms with Crippen LogP contribution in [0.1, 0.15) is 29.7 Å². The van der Waals surface area contributed by atoms with Crippen LogP contribution in [0.4, 0.5) is 23.7 Å². The Morgan fingerprint density at radius 1 is 1.21 bits per heavy atom. The van der Waals surface area contributed by atoms with E-state index in [4.69, 9.17) is 11.0 Å². The third-order valence-corrected chi connectivity index (χ3v) is 4.56. The number of halogens is 3. The number of carbonyl (C=O) groups is 2. The molecule has 0 fully saturated rings. The van der Waals surface area contributed by atoms with Gasteiger partial charge < -0.3 is 11.1 Å². The van der Waals surface area contributed by atoms with Crippen LogP contribution < -0.4 is 16.0 Å². The molecular weight excluding hydrogens is 385 g/mol. The Balaban J connectivity index is 2.10. The largest absolute Gasteiger partial charge is 0.416 e. The number of rotatable bonds is 3. The number of carbonyl (C=O) groups excluding carboxylic acids is 2. The van der Waals surface area contributed by atoms with Crippen LogP contribution in [-0.4, -0.2) is 11.9 Å². The zero-order valence-corrected chi connectivity index (χ0v) is 15.1. The Labute approximate surface area is 164 Å². The highest BCUT2D eigenvalue weighted by atomic mass is 19.4. The second kappa shape index (κ2) is 7.31. The summed E-state index contributed by atoms with van der Waals surface area (Å²) in [6, 6.07) is 10.8. The topological polar surface area (TPSA) is 99.2 Å². The Kier molecular flexibility index (Phi) is 5.03. The first-order valence-electron chi connectivity index (χ1n) is 8.42. The minimum absolute atomic E-state index is 0.0340. The number of alkyl halides is 3. The number of anilines is 1. The van der Waals surface area contributed by atoms with Crippen molar-refractivity contribution in [3.8, 4) is 6.07 Å². The summed E-state index contributed by atoms with van der Waals surface area (Å²) in [5, 5.41) is 11.5. The molecular formula is C20H15F3N4O2. The lowest BCUT2D eigenvalue weighted by Gasteiger charge is -2.35. The quantitative estimate of drug-likeness (QED) is 0.823. The Bertz CT molecular complexity index is 1050. The number of amides is 3. The van der Waals surface area contributed by atoms with E-state index in [-0.39, 0.29) is 17.0 Å². The molecule has 2 aromatic rings. The molecule has 3 rings (SSSR count). The molecule has 29 heavy (non-hydrogen) atoms. The highest BCUT2D eigenvalue weighted by molar-refractivity contribution is 6.04. The number of nitrogens with two attached hydrogens (primary N) is 1. The summed E-state index contributed by atoms with van der Waals surface area (Å²) in [7, 11) is 0. The van der Waals surface area contributed by atoms with Gasteiger partial charge in [0.25, 0.3) is 0 Å². The third-order valence-electron chi connectivity index (χ3n) is 4.56. The van der Waals surface area contributed by atoms with Gasteiger partial charge in [-0.3, -0.25) is 9.69 Å². The van der Waals surface area contributed by atoms with Gasteiger partial charge in [0.2, 0.25) is 5.91 Å². The predicted octanol–water partition coefficient (Wildman–Crippen LogP) is 3.61. The Morgan fingerprint density at radius 3 is 2.41 bits per heavy atom. The molecule has 1 aliphatic heterocycles. The molecule has 3 amide bonds. The third kappa shape index (κ3) is 3.78. The van der Waals surface area contributed by atoms with E-state index < -0.39 is 29.7 Å². The first-order chi connectivity index (χ1) is 13.6. The van der Waals surface area contributed by atoms with Gasteiger partial charge in [0, 0.05) is 5.70 Å². The smallest absolute Gasteiger partial charge is 0.366 e. The maximum atomic E-state index is 13.1. The number of hydrogen-bond donors (Lipinski definition) is 2. The summed E-state index contributed by atoms with van der Waals surface area (Å²) >= 11 is 0. The normalized spacial score (nSPS) is 17.0. The van der Waals surface area contributed by atoms with Crippen molar-refractivity contribution in [2.45, 2.75) is 19.1 Å². The van der Waals surface area contributed by atoms with Gasteiger partial charge in [0.05, 0.1) is 34.5 Å². The number of allylic oxidation sites excluding steroid dienone is 1. The molecule has 0 saturated heterocycles. The number of nitriles is 1. The van der Waals surface area contributed by atoms with Crippen LogP contribution in [0.2, 0.25) is 0 Å². The number of nitrogens with zero attached hydrogens (tertiary/aromatic N) is 2. The molecule has 0 saturated carbocycles. The zero-order chi connectivity index (χ0) is 21.3. The first-order valence-corrected chi connectivity index (χ1v) is 8.42. The fourth-order valence-corrected chi connectivity index (χ4v) is 3.19. The van der Waals surface area contributed by atoms with E-state index >= 15 is 0 Å². The zero-order valence-electron chi connectivity index (χ0n) is 15.1. The van der Waals surface area contributed by atoms with Crippen LogP contribution in [0.5, 0.6) is 0 Å². The molecule has 1 unspecified atom stereocenters. The summed E-state index contributed by atoms with van der Waals surface area (Å²) in [4.78, 5) is 25.9. The van der Waals surface area contributed by atoms with Crippen molar-refractivity contribution in [3.05, 3.63) is 76.5 Å². The molecule has 2 aromatic carbocycles. The van der Waals surface area contributed by atoms with E-state index in [1.807, 2.05) is 6.07 Å². The predicted molar refractivity (Wildman–Crippen MR) is 98.2 cm³/mol. The molecule has 148 valence electrons. The van der Waals surface area contributed by atoms with Crippen molar-refractivity contribution >= 4 is 17.6 Å². The van der Waals surface area contributed by atoms with Crippen molar-refractivity contribution in [3.63, 3.8) is 0 Å². The minimum atomic E-state index is -4.59. The van der Waals surface area contributed by atoms with E-state index in [9.17, 15) is 22.8 Å². The summed E-state index contributed by atoms with van der Waals surface area (Å²) in [5.41, 5.74) is 5.60. The van der Waals surface area contributed by atoms with E-state index in [1.54, 1.807) is 12.1 Å². The van der Waals surface area contributed by atoms with Crippen molar-refractivity contribution in [2.75, 3.05) is 4.90 Å². The van der Waals surface area contributed by atoms with Crippen LogP contribution in [0, 0.1) is 11.3 Å². The Hall–Kier alpha value is -3.80. The van der Waals surface area contributed by atoms with Crippen molar-refractivity contribution in [2.24, 2.45) is 5.73 Å². The summed E-state index contributed by atoms with van der Waals surface area (Å²) in [6.45, 7) is 1.44. The molecule has 9 heteroatoms. The molecule has 0 spiro atoms. The number of benzene rings is 2. The lowest BCUT2D eigenvalue weighted by Crippen LogP contribution is -2.49. The fourth-order valence-electron chi connectivity index (χ4n) is 3.19. The van der Waals surface area contributed by atoms with Crippen LogP contribution >= 0.6 is 0 Å². The maximum Gasteiger partial charge on any atom is 0.416 e. The monoisotopic (exact) mass is 400 g/mol. The molecule has 0 radical (unpaired) electrons. The van der Waals surface area contributed by atoms with Crippen molar-refractivity contribution in [1.29, 1.82) is 5.26 Å². The molecule has 1 heterocycles. The summed E-state index contributed by atoms with van der Waals surface area (Å²) in [5.74, 6) is -0.825. The van der Waals surface area contributed by atoms with Crippen LogP contribution in [0.15, 0.2) is 59.8 Å². The highest BCUT2D eigenvalue weighted by Gasteiger charge is 2.37. The summed E-state index contributed by atoms with van der Waals surface area (Å²) < 4.78 is 39.2. The van der Waals surface area contributed by atoms with Gasteiger partial charge in [-0.05, 0) is 42.8 Å². The molecule has 6 nitrogen and oxygen atoms in total. The van der Waals surface area contributed by atoms with Gasteiger partial charge in [-0.15, -0.1) is 0 Å². The van der Waals surface area contributed by atoms with Gasteiger partial charge in [-0.25, -0.2) is 4.79 Å². The lowest BCUT2D eigenvalue weighted by molar-refractivity contribution is -0.137. The number of urea groups is 1. The van der Waals surface area contributed by atoms with E-state index in [2.05, 4.69) is 5.32 Å². The molecule has 0 aliphatic carbocycles. The average Bonchev–Trinajstić information content (AvgIpc) is 2.67. The molecule has 1 atom stereocenters. The highest BCUT2D eigenvalue weighted by Crippen LogP contribution is 2.36. The molecule has 0 aromatic heterocycles.